The lowest BCUT2D eigenvalue weighted by Crippen LogP contribution is -2.39. The van der Waals surface area contributed by atoms with Crippen LogP contribution in [0.5, 0.6) is 0 Å². The van der Waals surface area contributed by atoms with Crippen molar-refractivity contribution in [3.63, 3.8) is 0 Å². The number of anilines is 2. The molecule has 4 N–H and O–H groups in total. The minimum Gasteiger partial charge on any atom is -0.390 e. The summed E-state index contributed by atoms with van der Waals surface area (Å²) >= 11 is 1.36. The topological polar surface area (TPSA) is 141 Å². The highest BCUT2D eigenvalue weighted by atomic mass is 32.2. The van der Waals surface area contributed by atoms with Gasteiger partial charge in [0.1, 0.15) is 23.5 Å². The maximum absolute atomic E-state index is 12.8. The van der Waals surface area contributed by atoms with Crippen LogP contribution in [0, 0.1) is 12.8 Å². The first-order valence-corrected chi connectivity index (χ1v) is 14.6. The number of alkyl halides is 3. The molecule has 0 bridgehead atoms. The van der Waals surface area contributed by atoms with Crippen LogP contribution in [0.25, 0.3) is 20.8 Å². The summed E-state index contributed by atoms with van der Waals surface area (Å²) in [4.78, 5) is 13.1. The molecule has 15 heteroatoms. The molecule has 1 fully saturated rings. The number of thiazole rings is 1. The first-order valence-electron chi connectivity index (χ1n) is 11.9. The second kappa shape index (κ2) is 10.9. The number of sulfonamides is 1. The molecular formula is C23H29F3N6O4S2. The number of halogens is 3. The molecule has 0 unspecified atom stereocenters. The Morgan fingerprint density at radius 2 is 1.87 bits per heavy atom. The van der Waals surface area contributed by atoms with Gasteiger partial charge in [-0.3, -0.25) is 0 Å². The molecule has 0 saturated heterocycles. The Morgan fingerprint density at radius 3 is 2.50 bits per heavy atom. The van der Waals surface area contributed by atoms with Crippen LogP contribution in [0.2, 0.25) is 0 Å². The van der Waals surface area contributed by atoms with Crippen molar-refractivity contribution in [3.8, 4) is 10.6 Å². The Kier molecular flexibility index (Phi) is 8.14. The van der Waals surface area contributed by atoms with Gasteiger partial charge in [-0.1, -0.05) is 19.1 Å². The Labute approximate surface area is 222 Å². The Hall–Kier alpha value is -2.59. The van der Waals surface area contributed by atoms with Gasteiger partial charge in [0.25, 0.3) is 0 Å². The molecule has 0 amide bonds. The van der Waals surface area contributed by atoms with E-state index in [9.17, 15) is 31.8 Å². The Morgan fingerprint density at radius 1 is 1.16 bits per heavy atom. The molecule has 1 aromatic carbocycles. The molecule has 208 valence electrons. The number of nitrogens with zero attached hydrogens (tertiary/aromatic N) is 4. The third-order valence-corrected chi connectivity index (χ3v) is 8.83. The summed E-state index contributed by atoms with van der Waals surface area (Å²) in [6.45, 7) is 2.19. The molecule has 0 spiro atoms. The highest BCUT2D eigenvalue weighted by Gasteiger charge is 2.43. The van der Waals surface area contributed by atoms with E-state index in [0.717, 1.165) is 16.5 Å². The van der Waals surface area contributed by atoms with Crippen LogP contribution >= 0.6 is 11.3 Å². The number of nitrogens with one attached hydrogen (secondary N) is 2. The van der Waals surface area contributed by atoms with Crippen LogP contribution in [-0.2, 0) is 10.0 Å². The van der Waals surface area contributed by atoms with E-state index in [0.29, 0.717) is 16.3 Å². The number of benzene rings is 1. The van der Waals surface area contributed by atoms with Crippen molar-refractivity contribution in [1.82, 2.24) is 19.3 Å². The molecule has 1 aliphatic rings. The maximum atomic E-state index is 12.8. The lowest BCUT2D eigenvalue weighted by molar-refractivity contribution is -0.115. The molecule has 2 aromatic heterocycles. The normalized spacial score (nSPS) is 22.3. The maximum Gasteiger partial charge on any atom is 0.405 e. The average Bonchev–Trinajstić information content (AvgIpc) is 3.36. The fourth-order valence-electron chi connectivity index (χ4n) is 4.56. The smallest absolute Gasteiger partial charge is 0.390 e. The molecule has 1 saturated carbocycles. The second-order valence-electron chi connectivity index (χ2n) is 9.25. The van der Waals surface area contributed by atoms with Crippen molar-refractivity contribution in [1.29, 1.82) is 0 Å². The summed E-state index contributed by atoms with van der Waals surface area (Å²) in [7, 11) is -3.51. The first-order chi connectivity index (χ1) is 17.8. The molecule has 4 rings (SSSR count). The average molecular weight is 575 g/mol. The van der Waals surface area contributed by atoms with E-state index in [1.807, 2.05) is 24.3 Å². The monoisotopic (exact) mass is 574 g/mol. The lowest BCUT2D eigenvalue weighted by Gasteiger charge is -2.24. The fourth-order valence-corrected chi connectivity index (χ4v) is 6.55. The van der Waals surface area contributed by atoms with Gasteiger partial charge in [-0.05, 0) is 25.5 Å². The standard InChI is InChI=1S/C23H29F3N6O4S2/c1-4-32(38(3,35)36)10-13-9-15(19(34)18(13)33)29-20-17(21-30-14-7-5-6-8-16(14)37-21)12(2)28-22(31-20)27-11-23(24,25)26/h5-8,13,15,18-19,33-34H,4,9-11H2,1-3H3,(H2,27,28,29,31)/t13-,15-,18-,19+/m1/s1. The van der Waals surface area contributed by atoms with Gasteiger partial charge in [-0.15, -0.1) is 11.3 Å². The van der Waals surface area contributed by atoms with Crippen molar-refractivity contribution in [2.45, 2.75) is 44.7 Å². The third kappa shape index (κ3) is 6.34. The number of para-hydroxylation sites is 1. The van der Waals surface area contributed by atoms with E-state index >= 15 is 0 Å². The molecule has 0 aliphatic heterocycles. The van der Waals surface area contributed by atoms with E-state index in [-0.39, 0.29) is 31.3 Å². The van der Waals surface area contributed by atoms with Crippen LogP contribution in [0.3, 0.4) is 0 Å². The number of rotatable bonds is 9. The zero-order valence-electron chi connectivity index (χ0n) is 20.9. The van der Waals surface area contributed by atoms with Gasteiger partial charge in [-0.25, -0.2) is 22.7 Å². The van der Waals surface area contributed by atoms with Crippen molar-refractivity contribution < 1.29 is 31.8 Å². The van der Waals surface area contributed by atoms with E-state index in [4.69, 9.17) is 0 Å². The van der Waals surface area contributed by atoms with Gasteiger partial charge >= 0.3 is 6.18 Å². The minimum absolute atomic E-state index is 0.0116. The molecule has 10 nitrogen and oxygen atoms in total. The number of aliphatic hydroxyl groups excluding tert-OH is 2. The molecule has 3 aromatic rings. The second-order valence-corrected chi connectivity index (χ2v) is 12.3. The van der Waals surface area contributed by atoms with Crippen LogP contribution in [0.4, 0.5) is 24.9 Å². The van der Waals surface area contributed by atoms with Gasteiger partial charge in [0.2, 0.25) is 16.0 Å². The summed E-state index contributed by atoms with van der Waals surface area (Å²) < 4.78 is 64.7. The molecular weight excluding hydrogens is 545 g/mol. The van der Waals surface area contributed by atoms with Gasteiger partial charge in [0, 0.05) is 19.0 Å². The fraction of sp³-hybridized carbons (Fsp3) is 0.522. The van der Waals surface area contributed by atoms with E-state index in [1.165, 1.54) is 15.6 Å². The largest absolute Gasteiger partial charge is 0.405 e. The van der Waals surface area contributed by atoms with E-state index in [1.54, 1.807) is 13.8 Å². The third-order valence-electron chi connectivity index (χ3n) is 6.43. The SMILES string of the molecule is CCN(C[C@H]1C[C@@H](Nc2nc(NCC(F)(F)F)nc(C)c2-c2nc3ccccc3s2)[C@H](O)[C@@H]1O)S(C)(=O)=O. The number of aromatic nitrogens is 3. The summed E-state index contributed by atoms with van der Waals surface area (Å²) in [6, 6.07) is 6.67. The summed E-state index contributed by atoms with van der Waals surface area (Å²) in [5.74, 6) is -0.687. The molecule has 0 radical (unpaired) electrons. The Balaban J connectivity index is 1.68. The summed E-state index contributed by atoms with van der Waals surface area (Å²) in [6.07, 6.45) is -5.71. The number of hydrogen-bond acceptors (Lipinski definition) is 10. The van der Waals surface area contributed by atoms with Crippen molar-refractivity contribution >= 4 is 43.3 Å². The first kappa shape index (κ1) is 28.4. The predicted molar refractivity (Wildman–Crippen MR) is 140 cm³/mol. The zero-order valence-corrected chi connectivity index (χ0v) is 22.5. The van der Waals surface area contributed by atoms with Crippen LogP contribution in [-0.4, -0.2) is 88.2 Å². The van der Waals surface area contributed by atoms with Gasteiger partial charge in [-0.2, -0.15) is 18.2 Å². The van der Waals surface area contributed by atoms with E-state index < -0.39 is 46.9 Å². The van der Waals surface area contributed by atoms with Gasteiger partial charge in [0.15, 0.2) is 0 Å². The van der Waals surface area contributed by atoms with E-state index in [2.05, 4.69) is 25.6 Å². The summed E-state index contributed by atoms with van der Waals surface area (Å²) in [5, 5.41) is 27.3. The number of aryl methyl sites for hydroxylation is 1. The van der Waals surface area contributed by atoms with Crippen LogP contribution < -0.4 is 10.6 Å². The van der Waals surface area contributed by atoms with Crippen LogP contribution in [0.15, 0.2) is 24.3 Å². The van der Waals surface area contributed by atoms with Gasteiger partial charge in [0.05, 0.1) is 39.9 Å². The highest BCUT2D eigenvalue weighted by Crippen LogP contribution is 2.38. The van der Waals surface area contributed by atoms with Gasteiger partial charge < -0.3 is 20.8 Å². The molecule has 1 aliphatic carbocycles. The highest BCUT2D eigenvalue weighted by molar-refractivity contribution is 7.88. The quantitative estimate of drug-likeness (QED) is 0.304. The molecule has 38 heavy (non-hydrogen) atoms. The van der Waals surface area contributed by atoms with Crippen molar-refractivity contribution in [2.24, 2.45) is 5.92 Å². The molecule has 2 heterocycles. The number of hydrogen-bond donors (Lipinski definition) is 4. The minimum atomic E-state index is -4.49. The predicted octanol–water partition coefficient (Wildman–Crippen LogP) is 2.84. The zero-order chi connectivity index (χ0) is 27.8. The Bertz CT molecular complexity index is 1370. The lowest BCUT2D eigenvalue weighted by atomic mass is 10.1. The number of aliphatic hydroxyl groups is 2. The number of fused-ring (bicyclic) bond motifs is 1. The summed E-state index contributed by atoms with van der Waals surface area (Å²) in [5.41, 5.74) is 1.55. The van der Waals surface area contributed by atoms with Crippen molar-refractivity contribution in [3.05, 3.63) is 30.0 Å². The van der Waals surface area contributed by atoms with Crippen molar-refractivity contribution in [2.75, 3.05) is 36.5 Å². The molecule has 4 atom stereocenters. The van der Waals surface area contributed by atoms with Crippen LogP contribution in [0.1, 0.15) is 19.0 Å².